The summed E-state index contributed by atoms with van der Waals surface area (Å²) >= 11 is 0. The second-order valence-corrected chi connectivity index (χ2v) is 4.35. The molecule has 1 atom stereocenters. The molecule has 1 aliphatic rings. The molecule has 3 nitrogen and oxygen atoms in total. The predicted octanol–water partition coefficient (Wildman–Crippen LogP) is 0.814. The highest BCUT2D eigenvalue weighted by Gasteiger charge is 2.18. The summed E-state index contributed by atoms with van der Waals surface area (Å²) in [6.45, 7) is 0. The van der Waals surface area contributed by atoms with Crippen LogP contribution in [0.1, 0.15) is 51.4 Å². The third-order valence-corrected chi connectivity index (χ3v) is 3.16. The molecule has 0 aliphatic heterocycles. The van der Waals surface area contributed by atoms with Crippen molar-refractivity contribution in [3.63, 3.8) is 0 Å². The number of aliphatic carboxylic acids is 1. The number of rotatable bonds is 3. The maximum absolute atomic E-state index is 10.4. The molecule has 0 bridgehead atoms. The van der Waals surface area contributed by atoms with E-state index in [1.807, 2.05) is 0 Å². The minimum Gasteiger partial charge on any atom is -0.550 e. The molecule has 0 aromatic heterocycles. The summed E-state index contributed by atoms with van der Waals surface area (Å²) in [5, 5.41) is 10.4. The normalized spacial score (nSPS) is 22.4. The molecule has 0 spiro atoms. The van der Waals surface area contributed by atoms with Crippen molar-refractivity contribution in [2.45, 2.75) is 57.4 Å². The highest BCUT2D eigenvalue weighted by Crippen LogP contribution is 2.25. The van der Waals surface area contributed by atoms with Crippen molar-refractivity contribution in [3.8, 4) is 0 Å². The fourth-order valence-corrected chi connectivity index (χ4v) is 2.27. The Morgan fingerprint density at radius 1 is 1.21 bits per heavy atom. The average molecular weight is 198 g/mol. The highest BCUT2D eigenvalue weighted by molar-refractivity contribution is 5.65. The minimum absolute atomic E-state index is 0.0185. The summed E-state index contributed by atoms with van der Waals surface area (Å²) in [7, 11) is 0. The van der Waals surface area contributed by atoms with Crippen molar-refractivity contribution < 1.29 is 9.90 Å². The monoisotopic (exact) mass is 198 g/mol. The van der Waals surface area contributed by atoms with E-state index in [4.69, 9.17) is 5.73 Å². The molecule has 0 aromatic rings. The number of carbonyl (C=O) groups excluding carboxylic acids is 1. The molecule has 82 valence electrons. The molecular formula is C11H20NO2-. The van der Waals surface area contributed by atoms with Gasteiger partial charge in [0.25, 0.3) is 0 Å². The first kappa shape index (κ1) is 11.5. The van der Waals surface area contributed by atoms with Crippen molar-refractivity contribution in [2.24, 2.45) is 11.7 Å². The molecule has 0 amide bonds. The van der Waals surface area contributed by atoms with Crippen LogP contribution in [0, 0.1) is 5.92 Å². The first-order chi connectivity index (χ1) is 6.70. The Balaban J connectivity index is 2.34. The number of carboxylic acids is 1. The fraction of sp³-hybridized carbons (Fsp3) is 0.909. The summed E-state index contributed by atoms with van der Waals surface area (Å²) < 4.78 is 0. The molecule has 0 aromatic carbocycles. The molecular weight excluding hydrogens is 178 g/mol. The maximum atomic E-state index is 10.4. The zero-order valence-electron chi connectivity index (χ0n) is 8.71. The van der Waals surface area contributed by atoms with E-state index >= 15 is 0 Å². The number of hydrogen-bond acceptors (Lipinski definition) is 3. The predicted molar refractivity (Wildman–Crippen MR) is 53.4 cm³/mol. The van der Waals surface area contributed by atoms with E-state index in [0.717, 1.165) is 12.8 Å². The van der Waals surface area contributed by atoms with E-state index in [1.165, 1.54) is 32.1 Å². The van der Waals surface area contributed by atoms with Crippen LogP contribution < -0.4 is 10.8 Å². The molecule has 0 saturated heterocycles. The Kier molecular flexibility index (Phi) is 4.94. The second-order valence-electron chi connectivity index (χ2n) is 4.35. The third kappa shape index (κ3) is 4.09. The van der Waals surface area contributed by atoms with E-state index in [-0.39, 0.29) is 12.5 Å². The van der Waals surface area contributed by atoms with Crippen molar-refractivity contribution in [3.05, 3.63) is 0 Å². The lowest BCUT2D eigenvalue weighted by atomic mass is 9.85. The topological polar surface area (TPSA) is 66.2 Å². The molecule has 1 saturated carbocycles. The van der Waals surface area contributed by atoms with Gasteiger partial charge in [-0.2, -0.15) is 0 Å². The summed E-state index contributed by atoms with van der Waals surface area (Å²) in [6.07, 6.45) is 8.47. The van der Waals surface area contributed by atoms with Crippen LogP contribution in [-0.2, 0) is 4.79 Å². The number of carboxylic acid groups (broad SMARTS) is 1. The first-order valence-corrected chi connectivity index (χ1v) is 5.65. The molecule has 1 unspecified atom stereocenters. The van der Waals surface area contributed by atoms with Crippen LogP contribution in [0.4, 0.5) is 0 Å². The van der Waals surface area contributed by atoms with Gasteiger partial charge in [0.05, 0.1) is 0 Å². The third-order valence-electron chi connectivity index (χ3n) is 3.16. The van der Waals surface area contributed by atoms with Crippen molar-refractivity contribution >= 4 is 5.97 Å². The largest absolute Gasteiger partial charge is 0.550 e. The van der Waals surface area contributed by atoms with E-state index in [1.54, 1.807) is 0 Å². The van der Waals surface area contributed by atoms with Gasteiger partial charge in [-0.3, -0.25) is 0 Å². The van der Waals surface area contributed by atoms with E-state index in [2.05, 4.69) is 0 Å². The zero-order valence-corrected chi connectivity index (χ0v) is 8.71. The lowest BCUT2D eigenvalue weighted by molar-refractivity contribution is -0.306. The van der Waals surface area contributed by atoms with Crippen LogP contribution in [0.15, 0.2) is 0 Å². The average Bonchev–Trinajstić information content (AvgIpc) is 2.00. The summed E-state index contributed by atoms with van der Waals surface area (Å²) in [5.41, 5.74) is 5.85. The van der Waals surface area contributed by atoms with Gasteiger partial charge >= 0.3 is 0 Å². The number of carbonyl (C=O) groups is 1. The molecule has 1 fully saturated rings. The quantitative estimate of drug-likeness (QED) is 0.730. The van der Waals surface area contributed by atoms with Gasteiger partial charge < -0.3 is 15.6 Å². The van der Waals surface area contributed by atoms with Crippen LogP contribution in [0.25, 0.3) is 0 Å². The van der Waals surface area contributed by atoms with Crippen molar-refractivity contribution in [1.29, 1.82) is 0 Å². The summed E-state index contributed by atoms with van der Waals surface area (Å²) in [6, 6.07) is -0.196. The highest BCUT2D eigenvalue weighted by atomic mass is 16.4. The van der Waals surface area contributed by atoms with Crippen LogP contribution in [-0.4, -0.2) is 12.0 Å². The van der Waals surface area contributed by atoms with E-state index in [9.17, 15) is 9.90 Å². The molecule has 3 heteroatoms. The van der Waals surface area contributed by atoms with Gasteiger partial charge in [0.2, 0.25) is 0 Å². The lowest BCUT2D eigenvalue weighted by Crippen LogP contribution is -2.37. The van der Waals surface area contributed by atoms with Gasteiger partial charge in [-0.15, -0.1) is 0 Å². The summed E-state index contributed by atoms with van der Waals surface area (Å²) in [4.78, 5) is 10.4. The van der Waals surface area contributed by atoms with Gasteiger partial charge in [-0.25, -0.2) is 0 Å². The van der Waals surface area contributed by atoms with Gasteiger partial charge in [-0.05, 0) is 18.8 Å². The Hall–Kier alpha value is -0.570. The maximum Gasteiger partial charge on any atom is 0.0429 e. The van der Waals surface area contributed by atoms with Crippen LogP contribution in [0.5, 0.6) is 0 Å². The SMILES string of the molecule is NC(CC(=O)[O-])C1CCCCCCC1. The van der Waals surface area contributed by atoms with Crippen LogP contribution in [0.2, 0.25) is 0 Å². The van der Waals surface area contributed by atoms with Crippen LogP contribution >= 0.6 is 0 Å². The Labute approximate surface area is 85.7 Å². The Morgan fingerprint density at radius 3 is 2.21 bits per heavy atom. The summed E-state index contributed by atoms with van der Waals surface area (Å²) in [5.74, 6) is -0.618. The van der Waals surface area contributed by atoms with Gasteiger partial charge in [0.1, 0.15) is 0 Å². The standard InChI is InChI=1S/C11H21NO2/c12-10(8-11(13)14)9-6-4-2-1-3-5-7-9/h9-10H,1-8,12H2,(H,13,14)/p-1. The molecule has 0 heterocycles. The van der Waals surface area contributed by atoms with Crippen molar-refractivity contribution in [1.82, 2.24) is 0 Å². The zero-order chi connectivity index (χ0) is 10.4. The molecule has 1 rings (SSSR count). The van der Waals surface area contributed by atoms with Gasteiger partial charge in [-0.1, -0.05) is 32.1 Å². The minimum atomic E-state index is -1.01. The Morgan fingerprint density at radius 2 is 1.71 bits per heavy atom. The second kappa shape index (κ2) is 6.02. The van der Waals surface area contributed by atoms with Crippen LogP contribution in [0.3, 0.4) is 0 Å². The van der Waals surface area contributed by atoms with Crippen molar-refractivity contribution in [2.75, 3.05) is 0 Å². The van der Waals surface area contributed by atoms with Gasteiger partial charge in [0, 0.05) is 18.4 Å². The smallest absolute Gasteiger partial charge is 0.0429 e. The fourth-order valence-electron chi connectivity index (χ4n) is 2.27. The van der Waals surface area contributed by atoms with E-state index in [0.29, 0.717) is 5.92 Å². The Bertz CT molecular complexity index is 174. The lowest BCUT2D eigenvalue weighted by Gasteiger charge is -2.25. The number of nitrogens with two attached hydrogens (primary N) is 1. The molecule has 14 heavy (non-hydrogen) atoms. The van der Waals surface area contributed by atoms with E-state index < -0.39 is 5.97 Å². The molecule has 1 aliphatic carbocycles. The first-order valence-electron chi connectivity index (χ1n) is 5.65. The van der Waals surface area contributed by atoms with Gasteiger partial charge in [0.15, 0.2) is 0 Å². The number of hydrogen-bond donors (Lipinski definition) is 1. The molecule has 2 N–H and O–H groups in total. The molecule has 0 radical (unpaired) electrons.